The average molecular weight is 440 g/mol. The van der Waals surface area contributed by atoms with E-state index in [4.69, 9.17) is 5.26 Å². The zero-order valence-electron chi connectivity index (χ0n) is 16.2. The zero-order chi connectivity index (χ0) is 20.3. The molecule has 0 spiro atoms. The molecule has 0 fully saturated rings. The van der Waals surface area contributed by atoms with Gasteiger partial charge in [0.2, 0.25) is 5.91 Å². The summed E-state index contributed by atoms with van der Waals surface area (Å²) in [6.07, 6.45) is 3.29. The number of hydrogen-bond donors (Lipinski definition) is 1. The highest BCUT2D eigenvalue weighted by atomic mass is 79.9. The van der Waals surface area contributed by atoms with Crippen molar-refractivity contribution in [1.82, 2.24) is 19.9 Å². The summed E-state index contributed by atoms with van der Waals surface area (Å²) in [6.45, 7) is 5.91. The molecule has 1 N–H and O–H groups in total. The molecule has 28 heavy (non-hydrogen) atoms. The van der Waals surface area contributed by atoms with E-state index < -0.39 is 0 Å². The molecule has 7 heteroatoms. The normalized spacial score (nSPS) is 12.0. The average Bonchev–Trinajstić information content (AvgIpc) is 3.09. The van der Waals surface area contributed by atoms with Gasteiger partial charge in [-0.2, -0.15) is 10.4 Å². The second-order valence-corrected chi connectivity index (χ2v) is 7.66. The molecule has 2 heterocycles. The molecule has 1 amide bonds. The first-order valence-electron chi connectivity index (χ1n) is 9.23. The highest BCUT2D eigenvalue weighted by Gasteiger charge is 2.16. The smallest absolute Gasteiger partial charge is 0.220 e. The lowest BCUT2D eigenvalue weighted by atomic mass is 10.0. The fraction of sp³-hybridized carbons (Fsp3) is 0.333. The van der Waals surface area contributed by atoms with Crippen LogP contribution < -0.4 is 5.32 Å². The van der Waals surface area contributed by atoms with Crippen molar-refractivity contribution < 1.29 is 4.79 Å². The van der Waals surface area contributed by atoms with Gasteiger partial charge in [-0.05, 0) is 49.9 Å². The van der Waals surface area contributed by atoms with Crippen molar-refractivity contribution in [3.63, 3.8) is 0 Å². The van der Waals surface area contributed by atoms with Crippen LogP contribution in [0.2, 0.25) is 0 Å². The molecule has 2 aromatic heterocycles. The molecule has 6 nitrogen and oxygen atoms in total. The van der Waals surface area contributed by atoms with Gasteiger partial charge in [-0.25, -0.2) is 9.50 Å². The highest BCUT2D eigenvalue weighted by Crippen LogP contribution is 2.21. The highest BCUT2D eigenvalue weighted by molar-refractivity contribution is 9.10. The number of carbonyl (C=O) groups is 1. The number of carbonyl (C=O) groups excluding carboxylic acids is 1. The van der Waals surface area contributed by atoms with Crippen LogP contribution in [0.25, 0.3) is 5.65 Å². The third kappa shape index (κ3) is 4.07. The number of amides is 1. The topological polar surface area (TPSA) is 83.1 Å². The van der Waals surface area contributed by atoms with Crippen molar-refractivity contribution in [3.05, 3.63) is 63.0 Å². The Morgan fingerprint density at radius 3 is 2.68 bits per heavy atom. The summed E-state index contributed by atoms with van der Waals surface area (Å²) in [5.41, 5.74) is 4.84. The summed E-state index contributed by atoms with van der Waals surface area (Å²) in [5, 5.41) is 16.5. The lowest BCUT2D eigenvalue weighted by Crippen LogP contribution is -2.28. The van der Waals surface area contributed by atoms with Crippen molar-refractivity contribution in [3.8, 4) is 6.07 Å². The maximum Gasteiger partial charge on any atom is 0.220 e. The Hall–Kier alpha value is -2.72. The Kier molecular flexibility index (Phi) is 6.10. The Morgan fingerprint density at radius 2 is 2.04 bits per heavy atom. The van der Waals surface area contributed by atoms with E-state index in [0.29, 0.717) is 24.1 Å². The maximum atomic E-state index is 12.6. The second kappa shape index (κ2) is 8.53. The summed E-state index contributed by atoms with van der Waals surface area (Å²) >= 11 is 3.44. The van der Waals surface area contributed by atoms with Gasteiger partial charge in [0.1, 0.15) is 11.6 Å². The predicted octanol–water partition coefficient (Wildman–Crippen LogP) is 4.18. The van der Waals surface area contributed by atoms with E-state index in [1.807, 2.05) is 38.1 Å². The molecule has 0 saturated heterocycles. The fourth-order valence-electron chi connectivity index (χ4n) is 3.37. The van der Waals surface area contributed by atoms with E-state index in [0.717, 1.165) is 33.4 Å². The Bertz CT molecular complexity index is 1050. The molecule has 0 aliphatic heterocycles. The molecule has 1 atom stereocenters. The van der Waals surface area contributed by atoms with Gasteiger partial charge in [0.05, 0.1) is 12.2 Å². The predicted molar refractivity (Wildman–Crippen MR) is 111 cm³/mol. The minimum absolute atomic E-state index is 0.00634. The summed E-state index contributed by atoms with van der Waals surface area (Å²) in [5.74, 6) is 0.00634. The van der Waals surface area contributed by atoms with Gasteiger partial charge in [-0.1, -0.05) is 35.0 Å². The maximum absolute atomic E-state index is 12.6. The minimum Gasteiger partial charge on any atom is -0.349 e. The Balaban J connectivity index is 1.72. The first kappa shape index (κ1) is 20.0. The van der Waals surface area contributed by atoms with Gasteiger partial charge < -0.3 is 5.32 Å². The number of hydrogen-bond acceptors (Lipinski definition) is 4. The van der Waals surface area contributed by atoms with Crippen LogP contribution in [-0.4, -0.2) is 20.5 Å². The van der Waals surface area contributed by atoms with Gasteiger partial charge in [-0.15, -0.1) is 0 Å². The van der Waals surface area contributed by atoms with Gasteiger partial charge in [0, 0.05) is 22.3 Å². The molecule has 0 saturated carbocycles. The van der Waals surface area contributed by atoms with Crippen LogP contribution in [0.5, 0.6) is 0 Å². The third-order valence-electron chi connectivity index (χ3n) is 4.95. The number of nitriles is 1. The number of benzene rings is 1. The lowest BCUT2D eigenvalue weighted by molar-refractivity contribution is -0.121. The van der Waals surface area contributed by atoms with Gasteiger partial charge in [0.25, 0.3) is 0 Å². The minimum atomic E-state index is -0.00676. The monoisotopic (exact) mass is 439 g/mol. The molecule has 1 unspecified atom stereocenters. The van der Waals surface area contributed by atoms with Crippen molar-refractivity contribution >= 4 is 27.5 Å². The second-order valence-electron chi connectivity index (χ2n) is 6.75. The number of aryl methyl sites for hydroxylation is 2. The van der Waals surface area contributed by atoms with Gasteiger partial charge in [0.15, 0.2) is 5.65 Å². The summed E-state index contributed by atoms with van der Waals surface area (Å²) < 4.78 is 2.69. The van der Waals surface area contributed by atoms with Crippen LogP contribution in [0, 0.1) is 25.2 Å². The van der Waals surface area contributed by atoms with E-state index in [1.54, 1.807) is 4.52 Å². The number of halogens is 1. The van der Waals surface area contributed by atoms with Crippen molar-refractivity contribution in [2.75, 3.05) is 0 Å². The van der Waals surface area contributed by atoms with Crippen LogP contribution in [0.15, 0.2) is 34.9 Å². The lowest BCUT2D eigenvalue weighted by Gasteiger charge is -2.18. The van der Waals surface area contributed by atoms with Crippen molar-refractivity contribution in [2.45, 2.75) is 46.1 Å². The van der Waals surface area contributed by atoms with Crippen molar-refractivity contribution in [2.24, 2.45) is 0 Å². The number of fused-ring (bicyclic) bond motifs is 1. The number of aromatic nitrogens is 3. The van der Waals surface area contributed by atoms with Crippen LogP contribution in [0.3, 0.4) is 0 Å². The molecule has 1 aromatic carbocycles. The quantitative estimate of drug-likeness (QED) is 0.624. The largest absolute Gasteiger partial charge is 0.349 e. The summed E-state index contributed by atoms with van der Waals surface area (Å²) in [6, 6.07) is 10.1. The van der Waals surface area contributed by atoms with Gasteiger partial charge in [-0.3, -0.25) is 4.79 Å². The van der Waals surface area contributed by atoms with Gasteiger partial charge >= 0.3 is 0 Å². The van der Waals surface area contributed by atoms with Crippen LogP contribution in [0.4, 0.5) is 0 Å². The standard InChI is InChI=1S/C21H22BrN5O/c1-4-19(15-5-7-17(22)8-6-15)26-20(28)10-9-18-13(2)25-21-16(11-23)12-24-27(21)14(18)3/h5-8,12,19H,4,9-10H2,1-3H3,(H,26,28). The van der Waals surface area contributed by atoms with Crippen LogP contribution >= 0.6 is 15.9 Å². The molecule has 0 radical (unpaired) electrons. The molecular formula is C21H22BrN5O. The van der Waals surface area contributed by atoms with E-state index >= 15 is 0 Å². The summed E-state index contributed by atoms with van der Waals surface area (Å²) in [7, 11) is 0. The SMILES string of the molecule is CCC(NC(=O)CCc1c(C)nc2c(C#N)cnn2c1C)c1ccc(Br)cc1. The Labute approximate surface area is 172 Å². The fourth-order valence-corrected chi connectivity index (χ4v) is 3.64. The zero-order valence-corrected chi connectivity index (χ0v) is 17.7. The van der Waals surface area contributed by atoms with E-state index in [-0.39, 0.29) is 11.9 Å². The van der Waals surface area contributed by atoms with Crippen molar-refractivity contribution in [1.29, 1.82) is 5.26 Å². The molecule has 0 bridgehead atoms. The molecular weight excluding hydrogens is 418 g/mol. The molecule has 144 valence electrons. The number of nitrogens with one attached hydrogen (secondary N) is 1. The van der Waals surface area contributed by atoms with Crippen LogP contribution in [0.1, 0.15) is 53.9 Å². The molecule has 3 aromatic rings. The van der Waals surface area contributed by atoms with E-state index in [9.17, 15) is 4.79 Å². The molecule has 3 rings (SSSR count). The third-order valence-corrected chi connectivity index (χ3v) is 5.48. The number of rotatable bonds is 6. The first-order chi connectivity index (χ1) is 13.4. The number of nitrogens with zero attached hydrogens (tertiary/aromatic N) is 4. The van der Waals surface area contributed by atoms with E-state index in [2.05, 4.69) is 44.3 Å². The summed E-state index contributed by atoms with van der Waals surface area (Å²) in [4.78, 5) is 17.1. The van der Waals surface area contributed by atoms with Crippen LogP contribution in [-0.2, 0) is 11.2 Å². The Morgan fingerprint density at radius 1 is 1.32 bits per heavy atom. The molecule has 0 aliphatic carbocycles. The van der Waals surface area contributed by atoms with E-state index in [1.165, 1.54) is 6.20 Å². The first-order valence-corrected chi connectivity index (χ1v) is 10.0. The molecule has 0 aliphatic rings.